The number of carbonyl (C=O) groups excluding carboxylic acids is 1. The van der Waals surface area contributed by atoms with E-state index in [4.69, 9.17) is 15.2 Å². The number of nitroso groups, excluding NO2 is 1. The van der Waals surface area contributed by atoms with Gasteiger partial charge in [0.15, 0.2) is 11.6 Å². The van der Waals surface area contributed by atoms with Crippen LogP contribution in [0.1, 0.15) is 29.7 Å². The Labute approximate surface area is 181 Å². The van der Waals surface area contributed by atoms with Crippen molar-refractivity contribution in [2.24, 2.45) is 5.18 Å². The zero-order chi connectivity index (χ0) is 22.8. The van der Waals surface area contributed by atoms with Gasteiger partial charge in [-0.1, -0.05) is 18.2 Å². The number of ether oxygens (including phenoxy) is 2. The summed E-state index contributed by atoms with van der Waals surface area (Å²) in [6, 6.07) is 9.02. The number of anilines is 2. The Bertz CT molecular complexity index is 1260. The fourth-order valence-corrected chi connectivity index (χ4v) is 3.70. The summed E-state index contributed by atoms with van der Waals surface area (Å²) in [5.41, 5.74) is 4.51. The Morgan fingerprint density at radius 1 is 1.38 bits per heavy atom. The van der Waals surface area contributed by atoms with E-state index >= 15 is 4.39 Å². The Morgan fingerprint density at radius 3 is 2.84 bits per heavy atom. The van der Waals surface area contributed by atoms with Crippen LogP contribution in [0.15, 0.2) is 46.5 Å². The first kappa shape index (κ1) is 21.3. The minimum absolute atomic E-state index is 0.0300. The summed E-state index contributed by atoms with van der Waals surface area (Å²) in [6.45, 7) is 2.73. The molecule has 32 heavy (non-hydrogen) atoms. The molecule has 1 unspecified atom stereocenters. The van der Waals surface area contributed by atoms with Crippen molar-refractivity contribution in [2.75, 3.05) is 30.8 Å². The Kier molecular flexibility index (Phi) is 5.76. The molecule has 1 amide bonds. The van der Waals surface area contributed by atoms with Crippen LogP contribution in [0.5, 0.6) is 11.5 Å². The number of benzene rings is 2. The Hall–Kier alpha value is -3.95. The third kappa shape index (κ3) is 3.64. The zero-order valence-electron chi connectivity index (χ0n) is 17.3. The molecule has 2 heterocycles. The second kappa shape index (κ2) is 8.66. The van der Waals surface area contributed by atoms with Crippen LogP contribution in [0.25, 0.3) is 10.9 Å². The van der Waals surface area contributed by atoms with Gasteiger partial charge in [0.1, 0.15) is 23.6 Å². The summed E-state index contributed by atoms with van der Waals surface area (Å²) in [7, 11) is 0. The second-order valence-corrected chi connectivity index (χ2v) is 7.43. The van der Waals surface area contributed by atoms with Crippen molar-refractivity contribution < 1.29 is 18.7 Å². The van der Waals surface area contributed by atoms with Gasteiger partial charge in [-0.05, 0) is 25.5 Å². The van der Waals surface area contributed by atoms with Gasteiger partial charge in [0.2, 0.25) is 5.43 Å². The van der Waals surface area contributed by atoms with E-state index in [0.717, 1.165) is 5.75 Å². The number of nitrogens with two attached hydrogens (primary N) is 1. The van der Waals surface area contributed by atoms with Gasteiger partial charge >= 0.3 is 5.91 Å². The number of nitrogens with zero attached hydrogens (tertiary/aromatic N) is 2. The second-order valence-electron chi connectivity index (χ2n) is 7.43. The number of rotatable bonds is 7. The molecule has 0 fully saturated rings. The number of nitrogens with one attached hydrogen (secondary N) is 1. The first-order valence-corrected chi connectivity index (χ1v) is 10.1. The van der Waals surface area contributed by atoms with Crippen LogP contribution in [0.4, 0.5) is 15.8 Å². The highest BCUT2D eigenvalue weighted by atomic mass is 19.1. The number of pyridine rings is 1. The van der Waals surface area contributed by atoms with E-state index in [9.17, 15) is 14.5 Å². The molecule has 0 aliphatic carbocycles. The lowest BCUT2D eigenvalue weighted by atomic mass is 10.0. The highest BCUT2D eigenvalue weighted by molar-refractivity contribution is 6.04. The average molecular weight is 440 g/mol. The predicted octanol–water partition coefficient (Wildman–Crippen LogP) is 3.46. The van der Waals surface area contributed by atoms with E-state index in [-0.39, 0.29) is 35.0 Å². The molecular formula is C22H21FN4O5. The minimum atomic E-state index is -1.23. The van der Waals surface area contributed by atoms with E-state index in [0.29, 0.717) is 19.6 Å². The maximum absolute atomic E-state index is 15.2. The van der Waals surface area contributed by atoms with Crippen molar-refractivity contribution in [3.05, 3.63) is 63.0 Å². The standard InChI is InChI=1S/C22H21FN4O5/c1-12-11-32-21-18(25-8-5-9-31-13-6-3-2-4-7-13)16(23)17(24)15-19(21)27(12)10-14(20(15)28)22(29)26-30/h2-4,6-7,10,12,25H,5,8-9,11,24H2,1H3. The first-order valence-electron chi connectivity index (χ1n) is 10.1. The van der Waals surface area contributed by atoms with Crippen LogP contribution < -0.4 is 26.0 Å². The summed E-state index contributed by atoms with van der Waals surface area (Å²) >= 11 is 0. The Balaban J connectivity index is 1.67. The molecule has 1 atom stereocenters. The molecule has 0 spiro atoms. The summed E-state index contributed by atoms with van der Waals surface area (Å²) in [5.74, 6) is -1.23. The van der Waals surface area contributed by atoms with Gasteiger partial charge in [-0.25, -0.2) is 4.39 Å². The monoisotopic (exact) mass is 440 g/mol. The van der Waals surface area contributed by atoms with E-state index in [2.05, 4.69) is 10.5 Å². The lowest BCUT2D eigenvalue weighted by molar-refractivity contribution is 0.0998. The molecule has 4 rings (SSSR count). The number of hydrogen-bond acceptors (Lipinski definition) is 7. The van der Waals surface area contributed by atoms with Crippen LogP contribution in [0.2, 0.25) is 0 Å². The number of nitrogen functional groups attached to an aromatic ring is 1. The topological polar surface area (TPSA) is 125 Å². The van der Waals surface area contributed by atoms with Crippen LogP contribution in [0, 0.1) is 10.7 Å². The van der Waals surface area contributed by atoms with Gasteiger partial charge in [-0.15, -0.1) is 4.91 Å². The molecular weight excluding hydrogens is 419 g/mol. The van der Waals surface area contributed by atoms with Gasteiger partial charge in [-0.3, -0.25) is 9.59 Å². The molecule has 1 aliphatic rings. The van der Waals surface area contributed by atoms with Crippen molar-refractivity contribution >= 4 is 28.2 Å². The van der Waals surface area contributed by atoms with Crippen LogP contribution >= 0.6 is 0 Å². The first-order chi connectivity index (χ1) is 15.4. The molecule has 1 aliphatic heterocycles. The van der Waals surface area contributed by atoms with E-state index in [1.165, 1.54) is 6.20 Å². The highest BCUT2D eigenvalue weighted by Crippen LogP contribution is 2.43. The predicted molar refractivity (Wildman–Crippen MR) is 118 cm³/mol. The fraction of sp³-hybridized carbons (Fsp3) is 0.273. The molecule has 3 N–H and O–H groups in total. The average Bonchev–Trinajstić information content (AvgIpc) is 2.80. The summed E-state index contributed by atoms with van der Waals surface area (Å²) in [6.07, 6.45) is 1.81. The lowest BCUT2D eigenvalue weighted by Crippen LogP contribution is -2.28. The highest BCUT2D eigenvalue weighted by Gasteiger charge is 2.30. The molecule has 2 aromatic carbocycles. The number of carbonyl (C=O) groups is 1. The number of amides is 1. The normalized spacial score (nSPS) is 14.6. The number of para-hydroxylation sites is 1. The van der Waals surface area contributed by atoms with E-state index < -0.39 is 28.4 Å². The van der Waals surface area contributed by atoms with Crippen molar-refractivity contribution in [3.63, 3.8) is 0 Å². The number of halogens is 1. The fourth-order valence-electron chi connectivity index (χ4n) is 3.70. The molecule has 9 nitrogen and oxygen atoms in total. The van der Waals surface area contributed by atoms with Gasteiger partial charge in [-0.2, -0.15) is 0 Å². The quantitative estimate of drug-likeness (QED) is 0.327. The third-order valence-electron chi connectivity index (χ3n) is 5.29. The van der Waals surface area contributed by atoms with Crippen LogP contribution in [-0.2, 0) is 0 Å². The minimum Gasteiger partial charge on any atom is -0.494 e. The summed E-state index contributed by atoms with van der Waals surface area (Å²) < 4.78 is 28.2. The van der Waals surface area contributed by atoms with Gasteiger partial charge < -0.3 is 25.1 Å². The van der Waals surface area contributed by atoms with Crippen LogP contribution in [0.3, 0.4) is 0 Å². The van der Waals surface area contributed by atoms with Crippen LogP contribution in [-0.4, -0.2) is 30.2 Å². The molecule has 166 valence electrons. The lowest BCUT2D eigenvalue weighted by Gasteiger charge is -2.29. The molecule has 0 bridgehead atoms. The molecule has 0 radical (unpaired) electrons. The smallest absolute Gasteiger partial charge is 0.322 e. The Morgan fingerprint density at radius 2 is 2.12 bits per heavy atom. The van der Waals surface area contributed by atoms with Crippen molar-refractivity contribution in [1.29, 1.82) is 0 Å². The largest absolute Gasteiger partial charge is 0.494 e. The van der Waals surface area contributed by atoms with Crippen molar-refractivity contribution in [3.8, 4) is 11.5 Å². The van der Waals surface area contributed by atoms with Gasteiger partial charge in [0.05, 0.1) is 29.2 Å². The molecule has 3 aromatic rings. The molecule has 1 aromatic heterocycles. The van der Waals surface area contributed by atoms with Crippen molar-refractivity contribution in [2.45, 2.75) is 19.4 Å². The SMILES string of the molecule is CC1COc2c(NCCCOc3ccccc3)c(F)c(N)c3c(=O)c(C(=O)N=O)cn1c23. The van der Waals surface area contributed by atoms with E-state index in [1.807, 2.05) is 30.3 Å². The van der Waals surface area contributed by atoms with Crippen molar-refractivity contribution in [1.82, 2.24) is 4.57 Å². The third-order valence-corrected chi connectivity index (χ3v) is 5.29. The molecule has 10 heteroatoms. The zero-order valence-corrected chi connectivity index (χ0v) is 17.3. The van der Waals surface area contributed by atoms with E-state index in [1.54, 1.807) is 11.5 Å². The number of aromatic nitrogens is 1. The maximum Gasteiger partial charge on any atom is 0.322 e. The number of hydrogen-bond donors (Lipinski definition) is 2. The molecule has 0 saturated carbocycles. The molecule has 0 saturated heterocycles. The van der Waals surface area contributed by atoms with Gasteiger partial charge in [0.25, 0.3) is 0 Å². The maximum atomic E-state index is 15.2. The summed E-state index contributed by atoms with van der Waals surface area (Å²) in [4.78, 5) is 35.4. The van der Waals surface area contributed by atoms with Gasteiger partial charge in [0, 0.05) is 17.9 Å². The summed E-state index contributed by atoms with van der Waals surface area (Å²) in [5, 5.41) is 5.10.